The minimum absolute atomic E-state index is 0.0772. The van der Waals surface area contributed by atoms with Crippen molar-refractivity contribution in [3.8, 4) is 0 Å². The van der Waals surface area contributed by atoms with Crippen LogP contribution in [0.3, 0.4) is 0 Å². The normalized spacial score (nSPS) is 19.4. The zero-order valence-corrected chi connectivity index (χ0v) is 18.4. The maximum Gasteiger partial charge on any atom is 0.257 e. The summed E-state index contributed by atoms with van der Waals surface area (Å²) in [5, 5.41) is 4.12. The van der Waals surface area contributed by atoms with E-state index in [1.807, 2.05) is 4.90 Å². The number of carbonyl (C=O) groups is 2. The van der Waals surface area contributed by atoms with E-state index in [1.165, 1.54) is 17.7 Å². The second-order valence-electron chi connectivity index (χ2n) is 8.20. The van der Waals surface area contributed by atoms with Crippen LogP contribution in [0.4, 0.5) is 5.00 Å². The Hall–Kier alpha value is -1.85. The highest BCUT2D eigenvalue weighted by atomic mass is 35.5. The lowest BCUT2D eigenvalue weighted by atomic mass is 9.88. The van der Waals surface area contributed by atoms with Gasteiger partial charge >= 0.3 is 0 Å². The van der Waals surface area contributed by atoms with Crippen LogP contribution in [-0.2, 0) is 12.8 Å². The minimum atomic E-state index is -0.257. The summed E-state index contributed by atoms with van der Waals surface area (Å²) in [5.74, 6) is 0.426. The standard InChI is InChI=1S/C23H27ClN2O2S/c1-15-10-11-17-19(14-15)29-22(25-21(27)16-8-4-5-9-18(16)24)20(17)23(28)26-12-6-2-3-7-13-26/h4-5,8-9,15H,2-3,6-7,10-14H2,1H3,(H,25,27). The number of fused-ring (bicyclic) bond motifs is 1. The number of thiophene rings is 1. The SMILES string of the molecule is CC1CCc2c(sc(NC(=O)c3ccccc3Cl)c2C(=O)N2CCCCCC2)C1. The van der Waals surface area contributed by atoms with Gasteiger partial charge in [0.25, 0.3) is 11.8 Å². The third-order valence-electron chi connectivity index (χ3n) is 5.96. The lowest BCUT2D eigenvalue weighted by molar-refractivity contribution is 0.0761. The molecule has 0 spiro atoms. The van der Waals surface area contributed by atoms with Gasteiger partial charge in [-0.2, -0.15) is 0 Å². The Labute approximate surface area is 181 Å². The number of amides is 2. The number of hydrogen-bond donors (Lipinski definition) is 1. The average Bonchev–Trinajstić information content (AvgIpc) is 2.87. The molecular weight excluding hydrogens is 404 g/mol. The van der Waals surface area contributed by atoms with Crippen molar-refractivity contribution in [2.75, 3.05) is 18.4 Å². The number of nitrogens with zero attached hydrogens (tertiary/aromatic N) is 1. The Balaban J connectivity index is 1.68. The van der Waals surface area contributed by atoms with Crippen molar-refractivity contribution in [1.29, 1.82) is 0 Å². The summed E-state index contributed by atoms with van der Waals surface area (Å²) in [4.78, 5) is 29.7. The van der Waals surface area contributed by atoms with Gasteiger partial charge in [0.1, 0.15) is 5.00 Å². The molecule has 1 N–H and O–H groups in total. The summed E-state index contributed by atoms with van der Waals surface area (Å²) in [6, 6.07) is 7.02. The van der Waals surface area contributed by atoms with Crippen LogP contribution in [-0.4, -0.2) is 29.8 Å². The predicted molar refractivity (Wildman–Crippen MR) is 119 cm³/mol. The molecule has 2 amide bonds. The van der Waals surface area contributed by atoms with Crippen molar-refractivity contribution < 1.29 is 9.59 Å². The molecule has 1 atom stereocenters. The first-order chi connectivity index (χ1) is 14.0. The minimum Gasteiger partial charge on any atom is -0.339 e. The van der Waals surface area contributed by atoms with Crippen LogP contribution < -0.4 is 5.32 Å². The smallest absolute Gasteiger partial charge is 0.257 e. The van der Waals surface area contributed by atoms with E-state index in [2.05, 4.69) is 12.2 Å². The maximum absolute atomic E-state index is 13.5. The molecule has 1 aromatic carbocycles. The van der Waals surface area contributed by atoms with Crippen LogP contribution in [0, 0.1) is 5.92 Å². The first kappa shape index (κ1) is 20.4. The van der Waals surface area contributed by atoms with Crippen LogP contribution in [0.2, 0.25) is 5.02 Å². The van der Waals surface area contributed by atoms with E-state index in [1.54, 1.807) is 35.6 Å². The number of rotatable bonds is 3. The summed E-state index contributed by atoms with van der Waals surface area (Å²) in [5.41, 5.74) is 2.30. The van der Waals surface area contributed by atoms with Gasteiger partial charge in [-0.15, -0.1) is 11.3 Å². The number of likely N-dealkylation sites (tertiary alicyclic amines) is 1. The molecule has 4 rings (SSSR count). The molecule has 1 saturated heterocycles. The maximum atomic E-state index is 13.5. The number of hydrogen-bond acceptors (Lipinski definition) is 3. The van der Waals surface area contributed by atoms with Crippen molar-refractivity contribution in [2.24, 2.45) is 5.92 Å². The zero-order chi connectivity index (χ0) is 20.4. The molecule has 1 fully saturated rings. The second-order valence-corrected chi connectivity index (χ2v) is 9.71. The summed E-state index contributed by atoms with van der Waals surface area (Å²) in [7, 11) is 0. The van der Waals surface area contributed by atoms with Crippen LogP contribution in [0.15, 0.2) is 24.3 Å². The molecule has 4 nitrogen and oxygen atoms in total. The van der Waals surface area contributed by atoms with E-state index in [4.69, 9.17) is 11.6 Å². The van der Waals surface area contributed by atoms with Gasteiger partial charge in [-0.25, -0.2) is 0 Å². The van der Waals surface area contributed by atoms with Gasteiger partial charge in [0.05, 0.1) is 16.1 Å². The molecule has 0 saturated carbocycles. The Morgan fingerprint density at radius 1 is 1.14 bits per heavy atom. The van der Waals surface area contributed by atoms with Crippen molar-refractivity contribution in [3.05, 3.63) is 50.9 Å². The van der Waals surface area contributed by atoms with Crippen molar-refractivity contribution in [2.45, 2.75) is 51.9 Å². The Bertz CT molecular complexity index is 916. The van der Waals surface area contributed by atoms with E-state index in [0.29, 0.717) is 21.5 Å². The van der Waals surface area contributed by atoms with E-state index >= 15 is 0 Å². The van der Waals surface area contributed by atoms with Crippen LogP contribution in [0.25, 0.3) is 0 Å². The molecule has 2 aliphatic rings. The monoisotopic (exact) mass is 430 g/mol. The molecular formula is C23H27ClN2O2S. The Morgan fingerprint density at radius 3 is 2.59 bits per heavy atom. The fourth-order valence-corrected chi connectivity index (χ4v) is 5.93. The molecule has 1 aromatic heterocycles. The van der Waals surface area contributed by atoms with Crippen molar-refractivity contribution in [1.82, 2.24) is 4.90 Å². The molecule has 0 bridgehead atoms. The number of benzene rings is 1. The van der Waals surface area contributed by atoms with Crippen LogP contribution >= 0.6 is 22.9 Å². The van der Waals surface area contributed by atoms with Crippen LogP contribution in [0.1, 0.15) is 70.2 Å². The third kappa shape index (κ3) is 4.36. The van der Waals surface area contributed by atoms with Gasteiger partial charge < -0.3 is 10.2 Å². The lowest BCUT2D eigenvalue weighted by Gasteiger charge is -2.23. The number of nitrogens with one attached hydrogen (secondary N) is 1. The topological polar surface area (TPSA) is 49.4 Å². The highest BCUT2D eigenvalue weighted by molar-refractivity contribution is 7.17. The Morgan fingerprint density at radius 2 is 1.86 bits per heavy atom. The molecule has 29 heavy (non-hydrogen) atoms. The number of carbonyl (C=O) groups excluding carboxylic acids is 2. The first-order valence-corrected chi connectivity index (χ1v) is 11.7. The van der Waals surface area contributed by atoms with Gasteiger partial charge in [-0.3, -0.25) is 9.59 Å². The Kier molecular flexibility index (Phi) is 6.26. The molecule has 2 aromatic rings. The summed E-state index contributed by atoms with van der Waals surface area (Å²) >= 11 is 7.78. The fourth-order valence-electron chi connectivity index (χ4n) is 4.31. The molecule has 0 radical (unpaired) electrons. The molecule has 6 heteroatoms. The van der Waals surface area contributed by atoms with Crippen molar-refractivity contribution >= 4 is 39.8 Å². The quantitative estimate of drug-likeness (QED) is 0.669. The van der Waals surface area contributed by atoms with E-state index in [-0.39, 0.29) is 11.8 Å². The van der Waals surface area contributed by atoms with E-state index in [0.717, 1.165) is 56.3 Å². The molecule has 1 aliphatic carbocycles. The summed E-state index contributed by atoms with van der Waals surface area (Å²) in [6.07, 6.45) is 7.43. The lowest BCUT2D eigenvalue weighted by Crippen LogP contribution is -2.33. The van der Waals surface area contributed by atoms with Gasteiger partial charge in [0.15, 0.2) is 0 Å². The van der Waals surface area contributed by atoms with Crippen molar-refractivity contribution in [3.63, 3.8) is 0 Å². The van der Waals surface area contributed by atoms with Gasteiger partial charge in [0, 0.05) is 18.0 Å². The first-order valence-electron chi connectivity index (χ1n) is 10.5. The summed E-state index contributed by atoms with van der Waals surface area (Å²) in [6.45, 7) is 3.86. The predicted octanol–water partition coefficient (Wildman–Crippen LogP) is 5.79. The molecule has 1 unspecified atom stereocenters. The van der Waals surface area contributed by atoms with Gasteiger partial charge in [-0.1, -0.05) is 43.5 Å². The fraction of sp³-hybridized carbons (Fsp3) is 0.478. The highest BCUT2D eigenvalue weighted by Gasteiger charge is 2.31. The van der Waals surface area contributed by atoms with Gasteiger partial charge in [-0.05, 0) is 55.7 Å². The molecule has 2 heterocycles. The van der Waals surface area contributed by atoms with Crippen LogP contribution in [0.5, 0.6) is 0 Å². The number of anilines is 1. The molecule has 1 aliphatic heterocycles. The van der Waals surface area contributed by atoms with E-state index in [9.17, 15) is 9.59 Å². The number of halogens is 1. The average molecular weight is 431 g/mol. The second kappa shape index (κ2) is 8.88. The highest BCUT2D eigenvalue weighted by Crippen LogP contribution is 2.40. The molecule has 154 valence electrons. The zero-order valence-electron chi connectivity index (χ0n) is 16.8. The largest absolute Gasteiger partial charge is 0.339 e. The third-order valence-corrected chi connectivity index (χ3v) is 7.46. The van der Waals surface area contributed by atoms with E-state index < -0.39 is 0 Å². The summed E-state index contributed by atoms with van der Waals surface area (Å²) < 4.78 is 0. The van der Waals surface area contributed by atoms with Gasteiger partial charge in [0.2, 0.25) is 0 Å².